The summed E-state index contributed by atoms with van der Waals surface area (Å²) in [6, 6.07) is 12.1. The summed E-state index contributed by atoms with van der Waals surface area (Å²) in [6.45, 7) is 4.66. The summed E-state index contributed by atoms with van der Waals surface area (Å²) in [5.41, 5.74) is 3.27. The lowest BCUT2D eigenvalue weighted by Crippen LogP contribution is -2.45. The quantitative estimate of drug-likeness (QED) is 0.530. The summed E-state index contributed by atoms with van der Waals surface area (Å²) in [6.07, 6.45) is 0. The number of methoxy groups -OCH3 is 1. The topological polar surface area (TPSA) is 83.7 Å². The molecule has 1 atom stereocenters. The molecule has 0 bridgehead atoms. The van der Waals surface area contributed by atoms with E-state index in [-0.39, 0.29) is 11.8 Å². The Hall–Kier alpha value is -3.10. The standard InChI is InChI=1S/C22H21ClN4O3S/c1-4-27-12(2)18(21-25-20(26-30-21)13-5-8-15(23)9-6-13)19(24-22(27)31)14-7-10-17(29-3)16(28)11-14/h5-11,19,28H,4H2,1-3H3,(H,24,31). The monoisotopic (exact) mass is 456 g/mol. The van der Waals surface area contributed by atoms with Gasteiger partial charge in [0.25, 0.3) is 5.89 Å². The minimum atomic E-state index is -0.384. The average molecular weight is 457 g/mol. The van der Waals surface area contributed by atoms with Gasteiger partial charge in [-0.3, -0.25) is 0 Å². The van der Waals surface area contributed by atoms with E-state index in [0.717, 1.165) is 22.4 Å². The summed E-state index contributed by atoms with van der Waals surface area (Å²) in [5.74, 6) is 1.26. The van der Waals surface area contributed by atoms with Crippen molar-refractivity contribution in [3.05, 3.63) is 64.6 Å². The number of benzene rings is 2. The molecule has 0 amide bonds. The van der Waals surface area contributed by atoms with E-state index in [1.807, 2.05) is 36.9 Å². The van der Waals surface area contributed by atoms with Crippen LogP contribution in [0.25, 0.3) is 17.0 Å². The number of allylic oxidation sites excluding steroid dienone is 1. The molecule has 1 aromatic heterocycles. The van der Waals surface area contributed by atoms with Gasteiger partial charge in [-0.15, -0.1) is 0 Å². The molecule has 1 aliphatic rings. The van der Waals surface area contributed by atoms with Crippen molar-refractivity contribution in [3.63, 3.8) is 0 Å². The van der Waals surface area contributed by atoms with Crippen molar-refractivity contribution in [2.45, 2.75) is 19.9 Å². The van der Waals surface area contributed by atoms with Gasteiger partial charge in [-0.05, 0) is 68.0 Å². The van der Waals surface area contributed by atoms with Gasteiger partial charge in [0.15, 0.2) is 16.6 Å². The maximum Gasteiger partial charge on any atom is 0.258 e. The molecule has 1 aliphatic heterocycles. The fourth-order valence-electron chi connectivity index (χ4n) is 3.62. The van der Waals surface area contributed by atoms with E-state index < -0.39 is 0 Å². The molecule has 9 heteroatoms. The fraction of sp³-hybridized carbons (Fsp3) is 0.227. The molecule has 160 valence electrons. The van der Waals surface area contributed by atoms with Crippen molar-refractivity contribution < 1.29 is 14.4 Å². The molecule has 4 rings (SSSR count). The molecule has 0 saturated carbocycles. The van der Waals surface area contributed by atoms with Crippen molar-refractivity contribution in [2.24, 2.45) is 0 Å². The number of aromatic hydroxyl groups is 1. The summed E-state index contributed by atoms with van der Waals surface area (Å²) in [7, 11) is 1.51. The average Bonchev–Trinajstić information content (AvgIpc) is 3.23. The van der Waals surface area contributed by atoms with Crippen LogP contribution in [-0.4, -0.2) is 38.9 Å². The highest BCUT2D eigenvalue weighted by atomic mass is 35.5. The number of nitrogens with zero attached hydrogens (tertiary/aromatic N) is 3. The molecule has 2 heterocycles. The lowest BCUT2D eigenvalue weighted by atomic mass is 9.94. The SMILES string of the molecule is CCN1C(=S)NC(c2ccc(OC)c(O)c2)C(c2nc(-c3ccc(Cl)cc3)no2)=C1C. The molecule has 3 aromatic rings. The first-order chi connectivity index (χ1) is 14.9. The maximum absolute atomic E-state index is 10.3. The van der Waals surface area contributed by atoms with Gasteiger partial charge in [0, 0.05) is 22.8 Å². The second-order valence-corrected chi connectivity index (χ2v) is 7.81. The highest BCUT2D eigenvalue weighted by Gasteiger charge is 2.33. The Kier molecular flexibility index (Phi) is 5.84. The Morgan fingerprint density at radius 1 is 1.26 bits per heavy atom. The smallest absolute Gasteiger partial charge is 0.258 e. The molecule has 31 heavy (non-hydrogen) atoms. The number of hydrogen-bond donors (Lipinski definition) is 2. The van der Waals surface area contributed by atoms with Crippen LogP contribution in [0.1, 0.15) is 31.3 Å². The Balaban J connectivity index is 1.81. The molecular weight excluding hydrogens is 436 g/mol. The molecule has 1 unspecified atom stereocenters. The lowest BCUT2D eigenvalue weighted by molar-refractivity contribution is 0.372. The van der Waals surface area contributed by atoms with Gasteiger partial charge in [0.1, 0.15) is 0 Å². The zero-order valence-electron chi connectivity index (χ0n) is 17.2. The summed E-state index contributed by atoms with van der Waals surface area (Å²) in [4.78, 5) is 6.60. The van der Waals surface area contributed by atoms with Crippen LogP contribution >= 0.6 is 23.8 Å². The van der Waals surface area contributed by atoms with Gasteiger partial charge in [-0.1, -0.05) is 22.8 Å². The van der Waals surface area contributed by atoms with E-state index in [4.69, 9.17) is 33.1 Å². The lowest BCUT2D eigenvalue weighted by Gasteiger charge is -2.36. The molecule has 0 spiro atoms. The fourth-order valence-corrected chi connectivity index (χ4v) is 4.13. The molecule has 0 saturated heterocycles. The van der Waals surface area contributed by atoms with Crippen molar-refractivity contribution in [2.75, 3.05) is 13.7 Å². The third-order valence-electron chi connectivity index (χ3n) is 5.21. The van der Waals surface area contributed by atoms with Crippen molar-refractivity contribution >= 4 is 34.5 Å². The van der Waals surface area contributed by atoms with Crippen molar-refractivity contribution in [1.29, 1.82) is 0 Å². The van der Waals surface area contributed by atoms with E-state index in [1.165, 1.54) is 7.11 Å². The molecule has 0 aliphatic carbocycles. The van der Waals surface area contributed by atoms with E-state index in [9.17, 15) is 5.11 Å². The number of rotatable bonds is 5. The predicted molar refractivity (Wildman–Crippen MR) is 123 cm³/mol. The summed E-state index contributed by atoms with van der Waals surface area (Å²) >= 11 is 11.6. The number of phenols is 1. The second kappa shape index (κ2) is 8.56. The third kappa shape index (κ3) is 3.96. The number of aromatic nitrogens is 2. The normalized spacial score (nSPS) is 16.5. The van der Waals surface area contributed by atoms with E-state index >= 15 is 0 Å². The molecule has 2 N–H and O–H groups in total. The van der Waals surface area contributed by atoms with Crippen molar-refractivity contribution in [1.82, 2.24) is 20.4 Å². The van der Waals surface area contributed by atoms with Gasteiger partial charge in [-0.25, -0.2) is 0 Å². The highest BCUT2D eigenvalue weighted by Crippen LogP contribution is 2.39. The first-order valence-corrected chi connectivity index (χ1v) is 10.5. The number of thiocarbonyl (C=S) groups is 1. The van der Waals surface area contributed by atoms with Crippen LogP contribution in [0.5, 0.6) is 11.5 Å². The first-order valence-electron chi connectivity index (χ1n) is 9.68. The minimum absolute atomic E-state index is 0.0371. The second-order valence-electron chi connectivity index (χ2n) is 6.99. The molecule has 0 fully saturated rings. The highest BCUT2D eigenvalue weighted by molar-refractivity contribution is 7.80. The predicted octanol–water partition coefficient (Wildman–Crippen LogP) is 4.79. The van der Waals surface area contributed by atoms with Gasteiger partial charge in [-0.2, -0.15) is 4.98 Å². The van der Waals surface area contributed by atoms with Crippen LogP contribution in [0.15, 0.2) is 52.7 Å². The van der Waals surface area contributed by atoms with E-state index in [2.05, 4.69) is 15.5 Å². The number of nitrogens with one attached hydrogen (secondary N) is 1. The van der Waals surface area contributed by atoms with Crippen LogP contribution < -0.4 is 10.1 Å². The molecule has 7 nitrogen and oxygen atoms in total. The number of phenolic OH excluding ortho intramolecular Hbond substituents is 1. The third-order valence-corrected chi connectivity index (χ3v) is 5.80. The van der Waals surface area contributed by atoms with E-state index in [0.29, 0.717) is 34.1 Å². The van der Waals surface area contributed by atoms with Gasteiger partial charge < -0.3 is 24.6 Å². The van der Waals surface area contributed by atoms with Gasteiger partial charge in [0.05, 0.1) is 18.7 Å². The molecule has 2 aromatic carbocycles. The van der Waals surface area contributed by atoms with Crippen LogP contribution in [-0.2, 0) is 0 Å². The van der Waals surface area contributed by atoms with Crippen molar-refractivity contribution in [3.8, 4) is 22.9 Å². The maximum atomic E-state index is 10.3. The minimum Gasteiger partial charge on any atom is -0.504 e. The Labute approximate surface area is 190 Å². The zero-order chi connectivity index (χ0) is 22.1. The van der Waals surface area contributed by atoms with Gasteiger partial charge in [0.2, 0.25) is 5.82 Å². The molecule has 0 radical (unpaired) electrons. The largest absolute Gasteiger partial charge is 0.504 e. The number of halogens is 1. The van der Waals surface area contributed by atoms with Crippen LogP contribution in [0.4, 0.5) is 0 Å². The van der Waals surface area contributed by atoms with Crippen LogP contribution in [0.2, 0.25) is 5.02 Å². The van der Waals surface area contributed by atoms with Crippen LogP contribution in [0.3, 0.4) is 0 Å². The molecular formula is C22H21ClN4O3S. The summed E-state index contributed by atoms with van der Waals surface area (Å²) < 4.78 is 10.8. The number of hydrogen-bond acceptors (Lipinski definition) is 6. The van der Waals surface area contributed by atoms with Crippen LogP contribution in [0, 0.1) is 0 Å². The first kappa shape index (κ1) is 21.1. The summed E-state index contributed by atoms with van der Waals surface area (Å²) in [5, 5.41) is 19.0. The van der Waals surface area contributed by atoms with E-state index in [1.54, 1.807) is 24.3 Å². The van der Waals surface area contributed by atoms with Gasteiger partial charge >= 0.3 is 0 Å². The Bertz CT molecular complexity index is 1160. The Morgan fingerprint density at radius 2 is 2.00 bits per heavy atom. The Morgan fingerprint density at radius 3 is 2.65 bits per heavy atom. The number of ether oxygens (including phenoxy) is 1. The zero-order valence-corrected chi connectivity index (χ0v) is 18.8.